The molecule has 6 aromatic carbocycles. The molecule has 6 aromatic rings. The molecule has 0 fully saturated rings. The number of carbonyl (C=O) groups is 4. The van der Waals surface area contributed by atoms with E-state index in [0.717, 1.165) is 12.1 Å². The monoisotopic (exact) mass is 858 g/mol. The van der Waals surface area contributed by atoms with Crippen LogP contribution in [0.3, 0.4) is 0 Å². The Morgan fingerprint density at radius 2 is 0.750 bits per heavy atom. The van der Waals surface area contributed by atoms with Crippen molar-refractivity contribution in [2.45, 2.75) is 23.6 Å². The van der Waals surface area contributed by atoms with Gasteiger partial charge in [0.1, 0.15) is 20.2 Å². The largest absolute Gasteiger partial charge is 1.00 e. The summed E-state index contributed by atoms with van der Waals surface area (Å²) < 4.78 is 73.6. The van der Waals surface area contributed by atoms with E-state index < -0.39 is 64.5 Å². The number of anilines is 6. The van der Waals surface area contributed by atoms with Gasteiger partial charge in [-0.2, -0.15) is 0 Å². The predicted octanol–water partition coefficient (Wildman–Crippen LogP) is -0.0110. The van der Waals surface area contributed by atoms with Crippen LogP contribution in [0, 0.1) is 13.8 Å². The van der Waals surface area contributed by atoms with Gasteiger partial charge in [-0.05, 0) is 72.5 Å². The Kier molecular flexibility index (Phi) is 12.0. The first-order valence-electron chi connectivity index (χ1n) is 17.3. The van der Waals surface area contributed by atoms with Gasteiger partial charge in [0.2, 0.25) is 0 Å². The summed E-state index contributed by atoms with van der Waals surface area (Å²) in [4.78, 5) is 52.9. The summed E-state index contributed by atoms with van der Waals surface area (Å²) in [6, 6.07) is 24.3. The zero-order valence-corrected chi connectivity index (χ0v) is 37.9. The first kappa shape index (κ1) is 44.6. The Morgan fingerprint density at radius 3 is 1.03 bits per heavy atom. The molecular weight excluding hydrogens is 831 g/mol. The minimum absolute atomic E-state index is 0. The van der Waals surface area contributed by atoms with Crippen LogP contribution in [0.15, 0.2) is 107 Å². The molecule has 0 spiro atoms. The van der Waals surface area contributed by atoms with E-state index in [1.165, 1.54) is 24.3 Å². The van der Waals surface area contributed by atoms with Crippen LogP contribution in [0.5, 0.6) is 0 Å². The summed E-state index contributed by atoms with van der Waals surface area (Å²) in [5, 5.41) is 6.08. The van der Waals surface area contributed by atoms with Crippen LogP contribution in [0.2, 0.25) is 0 Å². The van der Waals surface area contributed by atoms with E-state index in [1.54, 1.807) is 74.5 Å². The predicted molar refractivity (Wildman–Crippen MR) is 212 cm³/mol. The number of carbonyl (C=O) groups excluding carboxylic acids is 4. The van der Waals surface area contributed by atoms with Crippen molar-refractivity contribution in [3.8, 4) is 11.1 Å². The van der Waals surface area contributed by atoms with Crippen molar-refractivity contribution in [3.05, 3.63) is 153 Å². The number of nitrogens with one attached hydrogen (secondary N) is 2. The quantitative estimate of drug-likeness (QED) is 0.0935. The molecular formula is C42H28N4Na2O10S2. The number of ketones is 4. The van der Waals surface area contributed by atoms with Crippen LogP contribution in [0.4, 0.5) is 34.1 Å². The topological polar surface area (TPSA) is 259 Å². The van der Waals surface area contributed by atoms with Gasteiger partial charge < -0.3 is 31.2 Å². The molecule has 0 saturated heterocycles. The van der Waals surface area contributed by atoms with Crippen LogP contribution in [-0.4, -0.2) is 49.1 Å². The third-order valence-corrected chi connectivity index (χ3v) is 12.0. The number of aryl methyl sites for hydroxylation is 2. The standard InChI is InChI=1S/C42H30N4O10S2.2Na/c1-19-15-21(11-13-27(19)45-29-17-31(57(51,52)53)37(43)35-33(29)39(47)23-7-3-5-9-25(23)41(35)49)22-12-14-28(20(2)16-22)46-30-18-32(58(54,55)56)38(44)36-34(30)40(48)24-8-4-6-10-26(24)42(36)50;;/h3-18,45-46H,43-44H2,1-2H3,(H,51,52,53)(H,54,55,56);;/q;2*+1/p-2. The Labute approximate surface area is 387 Å². The van der Waals surface area contributed by atoms with Crippen LogP contribution < -0.4 is 81.2 Å². The fraction of sp³-hybridized carbons (Fsp3) is 0.0476. The average Bonchev–Trinajstić information content (AvgIpc) is 3.17. The Balaban J connectivity index is 0.00000302. The zero-order chi connectivity index (χ0) is 41.6. The Bertz CT molecular complexity index is 2940. The van der Waals surface area contributed by atoms with Gasteiger partial charge in [0, 0.05) is 33.6 Å². The van der Waals surface area contributed by atoms with E-state index in [2.05, 4.69) is 10.6 Å². The Hall–Kier alpha value is -4.98. The van der Waals surface area contributed by atoms with Gasteiger partial charge in [0.05, 0.1) is 54.8 Å². The minimum atomic E-state index is -5.17. The van der Waals surface area contributed by atoms with Crippen molar-refractivity contribution in [1.29, 1.82) is 0 Å². The molecule has 0 amide bonds. The zero-order valence-electron chi connectivity index (χ0n) is 32.3. The van der Waals surface area contributed by atoms with Gasteiger partial charge in [0.25, 0.3) is 0 Å². The fourth-order valence-electron chi connectivity index (χ4n) is 7.46. The summed E-state index contributed by atoms with van der Waals surface area (Å²) in [7, 11) is -10.3. The molecule has 0 aromatic heterocycles. The third-order valence-electron chi connectivity index (χ3n) is 10.3. The Morgan fingerprint density at radius 1 is 0.450 bits per heavy atom. The van der Waals surface area contributed by atoms with E-state index in [4.69, 9.17) is 11.5 Å². The number of hydrogen-bond acceptors (Lipinski definition) is 14. The number of benzene rings is 6. The molecule has 8 rings (SSSR count). The normalized spacial score (nSPS) is 12.9. The van der Waals surface area contributed by atoms with Gasteiger partial charge in [-0.1, -0.05) is 60.7 Å². The molecule has 2 aliphatic carbocycles. The molecule has 60 heavy (non-hydrogen) atoms. The number of nitrogen functional groups attached to an aromatic ring is 2. The van der Waals surface area contributed by atoms with Crippen molar-refractivity contribution in [2.75, 3.05) is 22.1 Å². The van der Waals surface area contributed by atoms with E-state index in [1.807, 2.05) is 0 Å². The van der Waals surface area contributed by atoms with Gasteiger partial charge >= 0.3 is 59.1 Å². The summed E-state index contributed by atoms with van der Waals surface area (Å²) >= 11 is 0. The molecule has 0 bridgehead atoms. The molecule has 6 N–H and O–H groups in total. The second-order valence-corrected chi connectivity index (χ2v) is 16.5. The maximum absolute atomic E-state index is 13.7. The second kappa shape index (κ2) is 16.1. The van der Waals surface area contributed by atoms with E-state index in [0.29, 0.717) is 33.6 Å². The maximum Gasteiger partial charge on any atom is 1.00 e. The van der Waals surface area contributed by atoms with Gasteiger partial charge in [-0.25, -0.2) is 16.8 Å². The van der Waals surface area contributed by atoms with Crippen LogP contribution in [-0.2, 0) is 20.2 Å². The summed E-state index contributed by atoms with van der Waals surface area (Å²) in [6.45, 7) is 3.49. The second-order valence-electron chi connectivity index (χ2n) is 13.8. The van der Waals surface area contributed by atoms with E-state index in [-0.39, 0.29) is 115 Å². The molecule has 2 aliphatic rings. The van der Waals surface area contributed by atoms with Crippen molar-refractivity contribution >= 4 is 77.5 Å². The first-order chi connectivity index (χ1) is 27.4. The van der Waals surface area contributed by atoms with Gasteiger partial charge in [0.15, 0.2) is 23.1 Å². The van der Waals surface area contributed by atoms with E-state index in [9.17, 15) is 45.1 Å². The third kappa shape index (κ3) is 7.42. The van der Waals surface area contributed by atoms with Crippen LogP contribution >= 0.6 is 0 Å². The molecule has 0 radical (unpaired) electrons. The molecule has 14 nitrogen and oxygen atoms in total. The molecule has 18 heteroatoms. The number of nitrogens with two attached hydrogens (primary N) is 2. The summed E-state index contributed by atoms with van der Waals surface area (Å²) in [6.07, 6.45) is 0. The molecule has 0 aliphatic heterocycles. The average molecular weight is 859 g/mol. The smallest absolute Gasteiger partial charge is 0.744 e. The van der Waals surface area contributed by atoms with E-state index >= 15 is 0 Å². The van der Waals surface area contributed by atoms with Crippen molar-refractivity contribution in [1.82, 2.24) is 0 Å². The molecule has 0 unspecified atom stereocenters. The maximum atomic E-state index is 13.7. The van der Waals surface area contributed by atoms with Gasteiger partial charge in [-0.15, -0.1) is 0 Å². The van der Waals surface area contributed by atoms with Crippen molar-refractivity contribution in [3.63, 3.8) is 0 Å². The van der Waals surface area contributed by atoms with Crippen LogP contribution in [0.25, 0.3) is 11.1 Å². The SMILES string of the molecule is Cc1cc(-c2ccc(Nc3cc(S(=O)(=O)[O-])c(N)c4c3C(=O)c3ccccc3C4=O)c(C)c2)ccc1Nc1cc(S(=O)(=O)[O-])c(N)c2c1C(=O)c1ccccc1C2=O.[Na+].[Na+]. The van der Waals surface area contributed by atoms with Crippen molar-refractivity contribution < 1.29 is 104 Å². The summed E-state index contributed by atoms with van der Waals surface area (Å²) in [5.41, 5.74) is 13.3. The fourth-order valence-corrected chi connectivity index (χ4v) is 8.72. The number of rotatable bonds is 7. The number of fused-ring (bicyclic) bond motifs is 4. The molecule has 0 heterocycles. The summed E-state index contributed by atoms with van der Waals surface area (Å²) in [5.74, 6) is -2.57. The minimum Gasteiger partial charge on any atom is -0.744 e. The first-order valence-corrected chi connectivity index (χ1v) is 20.2. The van der Waals surface area contributed by atoms with Crippen molar-refractivity contribution in [2.24, 2.45) is 0 Å². The molecule has 0 saturated carbocycles. The molecule has 0 atom stereocenters. The van der Waals surface area contributed by atoms with Crippen LogP contribution in [0.1, 0.15) is 74.8 Å². The molecule has 290 valence electrons. The van der Waals surface area contributed by atoms with Gasteiger partial charge in [-0.3, -0.25) is 19.2 Å². The number of hydrogen-bond donors (Lipinski definition) is 4.